The van der Waals surface area contributed by atoms with Crippen LogP contribution in [-0.2, 0) is 14.3 Å². The van der Waals surface area contributed by atoms with Crippen LogP contribution in [0, 0.1) is 0 Å². The lowest BCUT2D eigenvalue weighted by molar-refractivity contribution is -0.143. The first-order chi connectivity index (χ1) is 42.0. The molecule has 0 fully saturated rings. The molecular formula is C79H151NO5. The maximum absolute atomic E-state index is 12.6. The lowest BCUT2D eigenvalue weighted by atomic mass is 10.0. The molecule has 0 radical (unpaired) electrons. The van der Waals surface area contributed by atoms with Crippen LogP contribution < -0.4 is 5.32 Å². The number of aliphatic hydroxyl groups excluding tert-OH is 2. The lowest BCUT2D eigenvalue weighted by Crippen LogP contribution is -2.45. The Bertz CT molecular complexity index is 1380. The van der Waals surface area contributed by atoms with Gasteiger partial charge < -0.3 is 20.3 Å². The van der Waals surface area contributed by atoms with Crippen molar-refractivity contribution < 1.29 is 24.5 Å². The van der Waals surface area contributed by atoms with E-state index in [0.29, 0.717) is 25.9 Å². The summed E-state index contributed by atoms with van der Waals surface area (Å²) in [6.07, 6.45) is 96.6. The molecule has 3 N–H and O–H groups in total. The monoisotopic (exact) mass is 1190 g/mol. The Balaban J connectivity index is 3.38. The lowest BCUT2D eigenvalue weighted by Gasteiger charge is -2.22. The number of carbonyl (C=O) groups is 2. The van der Waals surface area contributed by atoms with Crippen LogP contribution in [0.2, 0.25) is 0 Å². The number of unbranched alkanes of at least 4 members (excludes halogenated alkanes) is 56. The van der Waals surface area contributed by atoms with Gasteiger partial charge in [-0.25, -0.2) is 0 Å². The van der Waals surface area contributed by atoms with E-state index < -0.39 is 12.1 Å². The molecule has 502 valence electrons. The number of aliphatic hydroxyl groups is 2. The summed E-state index contributed by atoms with van der Waals surface area (Å²) in [5, 5.41) is 23.5. The molecule has 0 rings (SSSR count). The minimum atomic E-state index is -0.664. The number of ether oxygens (including phenoxy) is 1. The maximum Gasteiger partial charge on any atom is 0.305 e. The van der Waals surface area contributed by atoms with Crippen LogP contribution in [0.15, 0.2) is 36.5 Å². The van der Waals surface area contributed by atoms with E-state index in [1.54, 1.807) is 0 Å². The highest BCUT2D eigenvalue weighted by molar-refractivity contribution is 5.76. The molecule has 0 spiro atoms. The molecule has 0 saturated carbocycles. The Morgan fingerprint density at radius 1 is 0.329 bits per heavy atom. The topological polar surface area (TPSA) is 95.9 Å². The van der Waals surface area contributed by atoms with Crippen LogP contribution >= 0.6 is 0 Å². The number of hydrogen-bond donors (Lipinski definition) is 3. The molecule has 6 heteroatoms. The molecule has 85 heavy (non-hydrogen) atoms. The summed E-state index contributed by atoms with van der Waals surface area (Å²) in [6, 6.07) is -0.541. The molecule has 0 aliphatic rings. The third-order valence-electron chi connectivity index (χ3n) is 18.2. The van der Waals surface area contributed by atoms with Crippen LogP contribution in [0.5, 0.6) is 0 Å². The predicted octanol–water partition coefficient (Wildman–Crippen LogP) is 25.4. The van der Waals surface area contributed by atoms with Crippen molar-refractivity contribution in [3.8, 4) is 0 Å². The molecule has 0 aliphatic carbocycles. The SMILES string of the molecule is CCCC/C=C\CCCCCCCC(=O)OCCCCCCCCCCCCC/C=C\C/C=C\CCCCCCCCCCCCCCCCCCCC(=O)NC(CO)C(O)CCCCCCCCCCCCCCCCCCCCCCCC. The Morgan fingerprint density at radius 2 is 0.600 bits per heavy atom. The minimum absolute atomic E-state index is 0.00613. The van der Waals surface area contributed by atoms with Crippen molar-refractivity contribution in [1.82, 2.24) is 5.32 Å². The normalized spacial score (nSPS) is 12.7. The summed E-state index contributed by atoms with van der Waals surface area (Å²) in [5.41, 5.74) is 0. The van der Waals surface area contributed by atoms with Gasteiger partial charge >= 0.3 is 5.97 Å². The molecule has 0 saturated heterocycles. The van der Waals surface area contributed by atoms with Crippen LogP contribution in [0.3, 0.4) is 0 Å². The van der Waals surface area contributed by atoms with Gasteiger partial charge in [-0.3, -0.25) is 9.59 Å². The van der Waals surface area contributed by atoms with Crippen LogP contribution in [0.25, 0.3) is 0 Å². The van der Waals surface area contributed by atoms with E-state index in [1.807, 2.05) is 0 Å². The number of esters is 1. The largest absolute Gasteiger partial charge is 0.466 e. The molecule has 1 amide bonds. The van der Waals surface area contributed by atoms with E-state index in [-0.39, 0.29) is 18.5 Å². The Kier molecular flexibility index (Phi) is 72.9. The van der Waals surface area contributed by atoms with Crippen molar-refractivity contribution in [3.63, 3.8) is 0 Å². The van der Waals surface area contributed by atoms with Gasteiger partial charge in [-0.1, -0.05) is 378 Å². The number of amides is 1. The molecule has 0 bridgehead atoms. The zero-order valence-electron chi connectivity index (χ0n) is 57.6. The van der Waals surface area contributed by atoms with Gasteiger partial charge in [0, 0.05) is 12.8 Å². The number of hydrogen-bond acceptors (Lipinski definition) is 5. The standard InChI is InChI=1S/C79H151NO5/c1-3-5-7-9-11-13-15-16-17-18-19-20-36-39-42-45-48-52-55-59-63-67-71-77(82)76(75-81)80-78(83)72-68-64-60-56-53-49-46-43-40-37-34-32-30-28-26-24-22-21-23-25-27-29-31-33-35-38-41-44-47-50-54-58-62-66-70-74-85-79(84)73-69-65-61-57-51-14-12-10-8-6-4-2/h10,12,23,25,29,31,76-77,81-82H,3-9,11,13-22,24,26-28,30,32-75H2,1-2H3,(H,80,83)/b12-10-,25-23-,31-29-. The van der Waals surface area contributed by atoms with E-state index in [2.05, 4.69) is 55.6 Å². The summed E-state index contributed by atoms with van der Waals surface area (Å²) in [7, 11) is 0. The third kappa shape index (κ3) is 71.0. The molecule has 0 aromatic rings. The molecular weight excluding hydrogens is 1040 g/mol. The predicted molar refractivity (Wildman–Crippen MR) is 375 cm³/mol. The zero-order valence-corrected chi connectivity index (χ0v) is 57.6. The zero-order chi connectivity index (χ0) is 61.3. The number of carbonyl (C=O) groups excluding carboxylic acids is 2. The van der Waals surface area contributed by atoms with Crippen LogP contribution in [0.4, 0.5) is 0 Å². The molecule has 0 aromatic heterocycles. The van der Waals surface area contributed by atoms with Gasteiger partial charge in [0.05, 0.1) is 25.4 Å². The van der Waals surface area contributed by atoms with Crippen molar-refractivity contribution in [3.05, 3.63) is 36.5 Å². The highest BCUT2D eigenvalue weighted by atomic mass is 16.5. The number of nitrogens with one attached hydrogen (secondary N) is 1. The minimum Gasteiger partial charge on any atom is -0.466 e. The quantitative estimate of drug-likeness (QED) is 0.0320. The average molecular weight is 1200 g/mol. The van der Waals surface area contributed by atoms with Crippen molar-refractivity contribution >= 4 is 11.9 Å². The van der Waals surface area contributed by atoms with E-state index in [0.717, 1.165) is 51.4 Å². The van der Waals surface area contributed by atoms with Gasteiger partial charge in [0.2, 0.25) is 5.91 Å². The summed E-state index contributed by atoms with van der Waals surface area (Å²) < 4.78 is 5.47. The fourth-order valence-electron chi connectivity index (χ4n) is 12.2. The summed E-state index contributed by atoms with van der Waals surface area (Å²) in [4.78, 5) is 24.6. The third-order valence-corrected chi connectivity index (χ3v) is 18.2. The highest BCUT2D eigenvalue weighted by Gasteiger charge is 2.20. The first-order valence-electron chi connectivity index (χ1n) is 38.7. The maximum atomic E-state index is 12.6. The molecule has 2 atom stereocenters. The Labute approximate surface area is 532 Å². The van der Waals surface area contributed by atoms with E-state index in [1.165, 1.54) is 347 Å². The summed E-state index contributed by atoms with van der Waals surface area (Å²) in [6.45, 7) is 4.96. The number of rotatable bonds is 73. The van der Waals surface area contributed by atoms with Gasteiger partial charge in [-0.15, -0.1) is 0 Å². The second-order valence-corrected chi connectivity index (χ2v) is 26.7. The number of allylic oxidation sites excluding steroid dienone is 6. The van der Waals surface area contributed by atoms with E-state index >= 15 is 0 Å². The van der Waals surface area contributed by atoms with E-state index in [4.69, 9.17) is 4.74 Å². The molecule has 0 aliphatic heterocycles. The van der Waals surface area contributed by atoms with E-state index in [9.17, 15) is 19.8 Å². The smallest absolute Gasteiger partial charge is 0.305 e. The van der Waals surface area contributed by atoms with Crippen molar-refractivity contribution in [2.24, 2.45) is 0 Å². The van der Waals surface area contributed by atoms with Crippen molar-refractivity contribution in [2.45, 2.75) is 443 Å². The van der Waals surface area contributed by atoms with Gasteiger partial charge in [0.15, 0.2) is 0 Å². The second kappa shape index (κ2) is 74.5. The van der Waals surface area contributed by atoms with Crippen molar-refractivity contribution in [2.75, 3.05) is 13.2 Å². The highest BCUT2D eigenvalue weighted by Crippen LogP contribution is 2.20. The first-order valence-corrected chi connectivity index (χ1v) is 38.7. The van der Waals surface area contributed by atoms with Crippen LogP contribution in [0.1, 0.15) is 431 Å². The van der Waals surface area contributed by atoms with Gasteiger partial charge in [-0.2, -0.15) is 0 Å². The fraction of sp³-hybridized carbons (Fsp3) is 0.899. The summed E-state index contributed by atoms with van der Waals surface area (Å²) in [5.74, 6) is -0.0215. The van der Waals surface area contributed by atoms with Gasteiger partial charge in [0.25, 0.3) is 0 Å². The molecule has 0 aromatic carbocycles. The van der Waals surface area contributed by atoms with Gasteiger partial charge in [-0.05, 0) is 77.0 Å². The molecule has 0 heterocycles. The van der Waals surface area contributed by atoms with Crippen LogP contribution in [-0.4, -0.2) is 47.4 Å². The second-order valence-electron chi connectivity index (χ2n) is 26.7. The Hall–Kier alpha value is -1.92. The molecule has 2 unspecified atom stereocenters. The average Bonchev–Trinajstić information content (AvgIpc) is 3.54. The molecule has 6 nitrogen and oxygen atoms in total. The summed E-state index contributed by atoms with van der Waals surface area (Å²) >= 11 is 0. The Morgan fingerprint density at radius 3 is 0.941 bits per heavy atom. The first kappa shape index (κ1) is 83.1. The van der Waals surface area contributed by atoms with Gasteiger partial charge in [0.1, 0.15) is 0 Å². The fourth-order valence-corrected chi connectivity index (χ4v) is 12.2. The van der Waals surface area contributed by atoms with Crippen molar-refractivity contribution in [1.29, 1.82) is 0 Å².